The summed E-state index contributed by atoms with van der Waals surface area (Å²) in [6.07, 6.45) is 3.11. The van der Waals surface area contributed by atoms with Crippen LogP contribution in [0.1, 0.15) is 24.8 Å². The van der Waals surface area contributed by atoms with E-state index in [-0.39, 0.29) is 24.0 Å². The molecule has 7 nitrogen and oxygen atoms in total. The largest absolute Gasteiger partial charge is 0.493 e. The molecule has 1 aromatic rings. The van der Waals surface area contributed by atoms with Crippen molar-refractivity contribution in [2.75, 3.05) is 47.2 Å². The van der Waals surface area contributed by atoms with Gasteiger partial charge in [-0.25, -0.2) is 4.99 Å². The zero-order chi connectivity index (χ0) is 18.6. The van der Waals surface area contributed by atoms with Gasteiger partial charge in [0.1, 0.15) is 0 Å². The summed E-state index contributed by atoms with van der Waals surface area (Å²) in [4.78, 5) is 4.35. The fraction of sp³-hybridized carbons (Fsp3) is 0.632. The zero-order valence-electron chi connectivity index (χ0n) is 16.2. The predicted octanol–water partition coefficient (Wildman–Crippen LogP) is 2.56. The number of hydrogen-bond acceptors (Lipinski definition) is 5. The first-order valence-corrected chi connectivity index (χ1v) is 9.13. The minimum atomic E-state index is 0. The normalized spacial score (nSPS) is 15.1. The second kappa shape index (κ2) is 13.8. The highest BCUT2D eigenvalue weighted by Crippen LogP contribution is 2.27. The number of ether oxygens (including phenoxy) is 4. The van der Waals surface area contributed by atoms with Crippen molar-refractivity contribution in [1.82, 2.24) is 5.32 Å². The SMILES string of the molecule is COc1ccc(CN=C(N)NCCCOCC2CCOCC2)cc1OC.I. The Morgan fingerprint density at radius 3 is 2.67 bits per heavy atom. The van der Waals surface area contributed by atoms with Gasteiger partial charge >= 0.3 is 0 Å². The van der Waals surface area contributed by atoms with Gasteiger partial charge in [-0.3, -0.25) is 0 Å². The van der Waals surface area contributed by atoms with Crippen LogP contribution in [-0.4, -0.2) is 53.2 Å². The van der Waals surface area contributed by atoms with Crippen LogP contribution in [0.2, 0.25) is 0 Å². The Kier molecular flexibility index (Phi) is 12.2. The van der Waals surface area contributed by atoms with E-state index in [1.807, 2.05) is 18.2 Å². The van der Waals surface area contributed by atoms with Gasteiger partial charge < -0.3 is 30.0 Å². The van der Waals surface area contributed by atoms with Gasteiger partial charge in [-0.15, -0.1) is 24.0 Å². The van der Waals surface area contributed by atoms with Gasteiger partial charge in [-0.1, -0.05) is 6.07 Å². The predicted molar refractivity (Wildman–Crippen MR) is 117 cm³/mol. The van der Waals surface area contributed by atoms with E-state index in [4.69, 9.17) is 24.7 Å². The molecule has 1 heterocycles. The summed E-state index contributed by atoms with van der Waals surface area (Å²) in [6.45, 7) is 4.51. The summed E-state index contributed by atoms with van der Waals surface area (Å²) in [5, 5.41) is 3.11. The average molecular weight is 493 g/mol. The number of nitrogens with zero attached hydrogens (tertiary/aromatic N) is 1. The Morgan fingerprint density at radius 1 is 1.22 bits per heavy atom. The van der Waals surface area contributed by atoms with E-state index in [0.717, 1.165) is 57.8 Å². The molecule has 0 bridgehead atoms. The highest BCUT2D eigenvalue weighted by atomic mass is 127. The molecule has 1 aliphatic heterocycles. The van der Waals surface area contributed by atoms with E-state index >= 15 is 0 Å². The van der Waals surface area contributed by atoms with Gasteiger partial charge in [0.25, 0.3) is 0 Å². The number of nitrogens with one attached hydrogen (secondary N) is 1. The highest BCUT2D eigenvalue weighted by Gasteiger charge is 2.13. The molecule has 27 heavy (non-hydrogen) atoms. The molecule has 0 amide bonds. The van der Waals surface area contributed by atoms with Gasteiger partial charge in [0.15, 0.2) is 17.5 Å². The van der Waals surface area contributed by atoms with Gasteiger partial charge in [-0.05, 0) is 42.9 Å². The molecule has 3 N–H and O–H groups in total. The molecule has 0 saturated carbocycles. The third kappa shape index (κ3) is 8.98. The summed E-state index contributed by atoms with van der Waals surface area (Å²) < 4.78 is 21.6. The molecule has 0 aromatic heterocycles. The first-order chi connectivity index (χ1) is 12.7. The lowest BCUT2D eigenvalue weighted by atomic mass is 10.0. The van der Waals surface area contributed by atoms with Crippen molar-refractivity contribution in [2.24, 2.45) is 16.6 Å². The number of hydrogen-bond donors (Lipinski definition) is 2. The highest BCUT2D eigenvalue weighted by molar-refractivity contribution is 14.0. The zero-order valence-corrected chi connectivity index (χ0v) is 18.6. The van der Waals surface area contributed by atoms with E-state index in [1.54, 1.807) is 14.2 Å². The number of aliphatic imine (C=N–C) groups is 1. The van der Waals surface area contributed by atoms with Crippen molar-refractivity contribution in [3.8, 4) is 11.5 Å². The van der Waals surface area contributed by atoms with Crippen molar-refractivity contribution >= 4 is 29.9 Å². The molecule has 1 aliphatic rings. The number of methoxy groups -OCH3 is 2. The van der Waals surface area contributed by atoms with Crippen molar-refractivity contribution in [3.05, 3.63) is 23.8 Å². The molecule has 8 heteroatoms. The summed E-state index contributed by atoms with van der Waals surface area (Å²) >= 11 is 0. The van der Waals surface area contributed by atoms with E-state index in [0.29, 0.717) is 29.9 Å². The average Bonchev–Trinajstić information content (AvgIpc) is 2.69. The monoisotopic (exact) mass is 493 g/mol. The van der Waals surface area contributed by atoms with E-state index in [1.165, 1.54) is 0 Å². The number of nitrogens with two attached hydrogens (primary N) is 1. The van der Waals surface area contributed by atoms with Gasteiger partial charge in [0.2, 0.25) is 0 Å². The Bertz CT molecular complexity index is 566. The molecular weight excluding hydrogens is 461 g/mol. The summed E-state index contributed by atoms with van der Waals surface area (Å²) in [7, 11) is 3.23. The second-order valence-electron chi connectivity index (χ2n) is 6.30. The van der Waals surface area contributed by atoms with E-state index in [9.17, 15) is 0 Å². The van der Waals surface area contributed by atoms with Crippen LogP contribution in [0.3, 0.4) is 0 Å². The maximum atomic E-state index is 5.91. The third-order valence-electron chi connectivity index (χ3n) is 4.35. The molecule has 0 radical (unpaired) electrons. The van der Waals surface area contributed by atoms with Crippen molar-refractivity contribution in [2.45, 2.75) is 25.8 Å². The van der Waals surface area contributed by atoms with Crippen LogP contribution in [0.25, 0.3) is 0 Å². The lowest BCUT2D eigenvalue weighted by molar-refractivity contribution is 0.0203. The summed E-state index contributed by atoms with van der Waals surface area (Å²) in [5.74, 6) is 2.47. The van der Waals surface area contributed by atoms with Crippen molar-refractivity contribution in [1.29, 1.82) is 0 Å². The molecule has 1 fully saturated rings. The standard InChI is InChI=1S/C19H31N3O4.HI/c1-23-17-5-4-16(12-18(17)24-2)13-22-19(20)21-8-3-9-26-14-15-6-10-25-11-7-15;/h4-5,12,15H,3,6-11,13-14H2,1-2H3,(H3,20,21,22);1H. The Hall–Kier alpha value is -1.26. The summed E-state index contributed by atoms with van der Waals surface area (Å²) in [5.41, 5.74) is 6.91. The maximum absolute atomic E-state index is 5.91. The van der Waals surface area contributed by atoms with Crippen LogP contribution in [0.5, 0.6) is 11.5 Å². The van der Waals surface area contributed by atoms with Gasteiger partial charge in [0, 0.05) is 33.0 Å². The van der Waals surface area contributed by atoms with Crippen LogP contribution in [-0.2, 0) is 16.0 Å². The number of halogens is 1. The van der Waals surface area contributed by atoms with Crippen LogP contribution >= 0.6 is 24.0 Å². The fourth-order valence-corrected chi connectivity index (χ4v) is 2.77. The summed E-state index contributed by atoms with van der Waals surface area (Å²) in [6, 6.07) is 5.71. The van der Waals surface area contributed by atoms with Crippen LogP contribution < -0.4 is 20.5 Å². The Morgan fingerprint density at radius 2 is 1.96 bits per heavy atom. The molecule has 0 atom stereocenters. The molecule has 1 aromatic carbocycles. The topological polar surface area (TPSA) is 87.3 Å². The van der Waals surface area contributed by atoms with Gasteiger partial charge in [-0.2, -0.15) is 0 Å². The maximum Gasteiger partial charge on any atom is 0.188 e. The molecule has 0 spiro atoms. The molecule has 154 valence electrons. The second-order valence-corrected chi connectivity index (χ2v) is 6.30. The Balaban J connectivity index is 0.00000364. The molecule has 2 rings (SSSR count). The quantitative estimate of drug-likeness (QED) is 0.226. The van der Waals surface area contributed by atoms with Crippen molar-refractivity contribution < 1.29 is 18.9 Å². The third-order valence-corrected chi connectivity index (χ3v) is 4.35. The minimum Gasteiger partial charge on any atom is -0.493 e. The van der Waals surface area contributed by atoms with Crippen LogP contribution in [0, 0.1) is 5.92 Å². The molecule has 0 aliphatic carbocycles. The molecule has 1 saturated heterocycles. The number of rotatable bonds is 10. The lowest BCUT2D eigenvalue weighted by Crippen LogP contribution is -2.33. The number of benzene rings is 1. The van der Waals surface area contributed by atoms with E-state index < -0.39 is 0 Å². The van der Waals surface area contributed by atoms with Crippen molar-refractivity contribution in [3.63, 3.8) is 0 Å². The smallest absolute Gasteiger partial charge is 0.188 e. The Labute approximate surface area is 179 Å². The molecule has 0 unspecified atom stereocenters. The van der Waals surface area contributed by atoms with Crippen LogP contribution in [0.15, 0.2) is 23.2 Å². The van der Waals surface area contributed by atoms with Gasteiger partial charge in [0.05, 0.1) is 20.8 Å². The first kappa shape index (κ1) is 23.8. The first-order valence-electron chi connectivity index (χ1n) is 9.13. The number of guanidine groups is 1. The minimum absolute atomic E-state index is 0. The van der Waals surface area contributed by atoms with Crippen LogP contribution in [0.4, 0.5) is 0 Å². The molecular formula is C19H32IN3O4. The lowest BCUT2D eigenvalue weighted by Gasteiger charge is -2.21. The fourth-order valence-electron chi connectivity index (χ4n) is 2.77. The van der Waals surface area contributed by atoms with E-state index in [2.05, 4.69) is 10.3 Å².